The number of fused-ring (bicyclic) bond motifs is 1. The summed E-state index contributed by atoms with van der Waals surface area (Å²) < 4.78 is 1.53. The molecule has 1 aliphatic heterocycles. The van der Waals surface area contributed by atoms with E-state index in [-0.39, 0.29) is 15.7 Å². The highest BCUT2D eigenvalue weighted by Gasteiger charge is 2.22. The van der Waals surface area contributed by atoms with Crippen LogP contribution in [0, 0.1) is 0 Å². The zero-order chi connectivity index (χ0) is 13.4. The van der Waals surface area contributed by atoms with Crippen molar-refractivity contribution in [1.82, 2.24) is 9.55 Å². The van der Waals surface area contributed by atoms with Crippen LogP contribution in [-0.4, -0.2) is 14.8 Å². The molecule has 0 N–H and O–H groups in total. The van der Waals surface area contributed by atoms with Crippen molar-refractivity contribution in [2.45, 2.75) is 23.1 Å². The Morgan fingerprint density at radius 1 is 1.37 bits per heavy atom. The van der Waals surface area contributed by atoms with Crippen molar-refractivity contribution in [2.24, 2.45) is 0 Å². The normalized spacial score (nSPS) is 17.5. The fourth-order valence-electron chi connectivity index (χ4n) is 2.15. The molecule has 0 fully saturated rings. The average molecular weight is 313 g/mol. The Morgan fingerprint density at radius 2 is 2.16 bits per heavy atom. The van der Waals surface area contributed by atoms with Crippen LogP contribution in [0.15, 0.2) is 40.3 Å². The number of hydrogen-bond donors (Lipinski definition) is 0. The van der Waals surface area contributed by atoms with E-state index in [1.807, 2.05) is 12.1 Å². The monoisotopic (exact) mass is 312 g/mol. The van der Waals surface area contributed by atoms with Gasteiger partial charge in [-0.1, -0.05) is 41.4 Å². The SMILES string of the molecule is O=c1c(Cl)c(Cl)ncn1CC1Cc2ccccc2S1. The Kier molecular flexibility index (Phi) is 3.56. The summed E-state index contributed by atoms with van der Waals surface area (Å²) in [6.45, 7) is 0.585. The van der Waals surface area contributed by atoms with Crippen molar-refractivity contribution in [1.29, 1.82) is 0 Å². The molecule has 0 spiro atoms. The molecule has 1 aromatic carbocycles. The van der Waals surface area contributed by atoms with Crippen LogP contribution in [0.4, 0.5) is 0 Å². The molecule has 2 heterocycles. The fourth-order valence-corrected chi connectivity index (χ4v) is 3.75. The lowest BCUT2D eigenvalue weighted by Gasteiger charge is -2.11. The Hall–Kier alpha value is -0.970. The number of nitrogens with zero attached hydrogens (tertiary/aromatic N) is 2. The van der Waals surface area contributed by atoms with Gasteiger partial charge in [-0.15, -0.1) is 11.8 Å². The molecule has 0 bridgehead atoms. The highest BCUT2D eigenvalue weighted by molar-refractivity contribution is 8.00. The minimum atomic E-state index is -0.279. The third-order valence-corrected chi connectivity index (χ3v) is 5.08. The molecule has 19 heavy (non-hydrogen) atoms. The van der Waals surface area contributed by atoms with Gasteiger partial charge in [-0.25, -0.2) is 4.98 Å². The summed E-state index contributed by atoms with van der Waals surface area (Å²) >= 11 is 13.3. The van der Waals surface area contributed by atoms with Gasteiger partial charge in [0.15, 0.2) is 5.15 Å². The minimum absolute atomic E-state index is 0.00956. The fraction of sp³-hybridized carbons (Fsp3) is 0.231. The largest absolute Gasteiger partial charge is 0.297 e. The molecular formula is C13H10Cl2N2OS. The van der Waals surface area contributed by atoms with Crippen molar-refractivity contribution in [3.63, 3.8) is 0 Å². The van der Waals surface area contributed by atoms with Gasteiger partial charge in [0, 0.05) is 16.7 Å². The van der Waals surface area contributed by atoms with Gasteiger partial charge >= 0.3 is 0 Å². The number of benzene rings is 1. The zero-order valence-corrected chi connectivity index (χ0v) is 12.2. The topological polar surface area (TPSA) is 34.9 Å². The van der Waals surface area contributed by atoms with Crippen molar-refractivity contribution in [3.05, 3.63) is 56.7 Å². The van der Waals surface area contributed by atoms with Crippen LogP contribution in [0.1, 0.15) is 5.56 Å². The van der Waals surface area contributed by atoms with Gasteiger partial charge in [-0.3, -0.25) is 9.36 Å². The van der Waals surface area contributed by atoms with E-state index in [0.717, 1.165) is 6.42 Å². The summed E-state index contributed by atoms with van der Waals surface area (Å²) in [5.74, 6) is 0. The van der Waals surface area contributed by atoms with Crippen LogP contribution in [0.5, 0.6) is 0 Å². The second-order valence-electron chi connectivity index (χ2n) is 4.36. The predicted octanol–water partition coefficient (Wildman–Crippen LogP) is 3.27. The third kappa shape index (κ3) is 2.53. The Balaban J connectivity index is 1.82. The molecule has 0 saturated carbocycles. The van der Waals surface area contributed by atoms with Crippen LogP contribution in [0.25, 0.3) is 0 Å². The van der Waals surface area contributed by atoms with Gasteiger partial charge in [0.1, 0.15) is 5.02 Å². The first-order valence-electron chi connectivity index (χ1n) is 5.80. The highest BCUT2D eigenvalue weighted by atomic mass is 35.5. The summed E-state index contributed by atoms with van der Waals surface area (Å²) in [5.41, 5.74) is 1.05. The Labute approximate surface area is 124 Å². The van der Waals surface area contributed by atoms with E-state index in [2.05, 4.69) is 17.1 Å². The van der Waals surface area contributed by atoms with Crippen molar-refractivity contribution in [2.75, 3.05) is 0 Å². The van der Waals surface area contributed by atoms with Crippen LogP contribution in [0.2, 0.25) is 10.2 Å². The standard InChI is InChI=1S/C13H10Cl2N2OS/c14-11-12(15)16-7-17(13(11)18)6-9-5-8-3-1-2-4-10(8)19-9/h1-4,7,9H,5-6H2. The van der Waals surface area contributed by atoms with E-state index in [9.17, 15) is 4.79 Å². The van der Waals surface area contributed by atoms with E-state index in [1.54, 1.807) is 11.8 Å². The van der Waals surface area contributed by atoms with Crippen LogP contribution < -0.4 is 5.56 Å². The molecule has 2 aromatic rings. The number of rotatable bonds is 2. The van der Waals surface area contributed by atoms with Crippen LogP contribution in [0.3, 0.4) is 0 Å². The third-order valence-electron chi connectivity index (χ3n) is 3.05. The quantitative estimate of drug-likeness (QED) is 0.798. The molecule has 3 rings (SSSR count). The lowest BCUT2D eigenvalue weighted by molar-refractivity contribution is 0.630. The maximum atomic E-state index is 11.9. The summed E-state index contributed by atoms with van der Waals surface area (Å²) in [4.78, 5) is 17.2. The highest BCUT2D eigenvalue weighted by Crippen LogP contribution is 2.37. The van der Waals surface area contributed by atoms with E-state index in [0.29, 0.717) is 11.8 Å². The van der Waals surface area contributed by atoms with Gasteiger partial charge in [-0.2, -0.15) is 0 Å². The molecule has 1 unspecified atom stereocenters. The maximum absolute atomic E-state index is 11.9. The van der Waals surface area contributed by atoms with Crippen LogP contribution in [-0.2, 0) is 13.0 Å². The average Bonchev–Trinajstić information content (AvgIpc) is 2.82. The molecule has 0 radical (unpaired) electrons. The molecule has 1 atom stereocenters. The first-order chi connectivity index (χ1) is 9.15. The van der Waals surface area contributed by atoms with E-state index in [1.165, 1.54) is 21.4 Å². The molecule has 6 heteroatoms. The molecule has 1 aliphatic rings. The second kappa shape index (κ2) is 5.19. The number of thioether (sulfide) groups is 1. The van der Waals surface area contributed by atoms with Crippen molar-refractivity contribution >= 4 is 35.0 Å². The maximum Gasteiger partial charge on any atom is 0.273 e. The molecule has 0 amide bonds. The van der Waals surface area contributed by atoms with Crippen molar-refractivity contribution in [3.8, 4) is 0 Å². The summed E-state index contributed by atoms with van der Waals surface area (Å²) in [6, 6.07) is 8.30. The molecule has 1 aromatic heterocycles. The van der Waals surface area contributed by atoms with Crippen molar-refractivity contribution < 1.29 is 0 Å². The molecular weight excluding hydrogens is 303 g/mol. The summed E-state index contributed by atoms with van der Waals surface area (Å²) in [7, 11) is 0. The molecule has 98 valence electrons. The Morgan fingerprint density at radius 3 is 2.95 bits per heavy atom. The molecule has 0 saturated heterocycles. The van der Waals surface area contributed by atoms with E-state index < -0.39 is 0 Å². The minimum Gasteiger partial charge on any atom is -0.297 e. The lowest BCUT2D eigenvalue weighted by atomic mass is 10.1. The summed E-state index contributed by atoms with van der Waals surface area (Å²) in [6.07, 6.45) is 2.41. The molecule has 3 nitrogen and oxygen atoms in total. The first kappa shape index (κ1) is 13.0. The first-order valence-corrected chi connectivity index (χ1v) is 7.43. The smallest absolute Gasteiger partial charge is 0.273 e. The number of hydrogen-bond acceptors (Lipinski definition) is 3. The Bertz CT molecular complexity index is 662. The van der Waals surface area contributed by atoms with Gasteiger partial charge in [0.25, 0.3) is 5.56 Å². The predicted molar refractivity (Wildman–Crippen MR) is 78.3 cm³/mol. The number of halogens is 2. The van der Waals surface area contributed by atoms with Gasteiger partial charge in [0.05, 0.1) is 6.33 Å². The van der Waals surface area contributed by atoms with Gasteiger partial charge in [-0.05, 0) is 18.1 Å². The second-order valence-corrected chi connectivity index (χ2v) is 6.44. The van der Waals surface area contributed by atoms with E-state index in [4.69, 9.17) is 23.2 Å². The van der Waals surface area contributed by atoms with Gasteiger partial charge < -0.3 is 0 Å². The van der Waals surface area contributed by atoms with Crippen LogP contribution >= 0.6 is 35.0 Å². The summed E-state index contributed by atoms with van der Waals surface area (Å²) in [5, 5.41) is 0.379. The lowest BCUT2D eigenvalue weighted by Crippen LogP contribution is -2.25. The molecule has 0 aliphatic carbocycles. The van der Waals surface area contributed by atoms with Gasteiger partial charge in [0.2, 0.25) is 0 Å². The van der Waals surface area contributed by atoms with E-state index >= 15 is 0 Å². The zero-order valence-electron chi connectivity index (χ0n) is 9.85. The number of aromatic nitrogens is 2.